The second-order valence-electron chi connectivity index (χ2n) is 8.70. The van der Waals surface area contributed by atoms with E-state index < -0.39 is 0 Å². The summed E-state index contributed by atoms with van der Waals surface area (Å²) in [5.74, 6) is 0.311. The average molecular weight is 422 g/mol. The molecule has 1 aliphatic carbocycles. The minimum atomic E-state index is -0.276. The van der Waals surface area contributed by atoms with Crippen molar-refractivity contribution in [3.63, 3.8) is 0 Å². The standard InChI is InChI=1S/C24H31N5O2/c1-26-20-9-5-6-10-21(20)27(2)24(26)19(17-25)22(30)11-12-23(31)29-15-13-28(14-16-29)18-7-3-4-8-18/h5-6,9-10,18H,3-4,7-8,11-16H2,1-2H3. The van der Waals surface area contributed by atoms with Crippen molar-refractivity contribution in [1.82, 2.24) is 9.80 Å². The lowest BCUT2D eigenvalue weighted by Gasteiger charge is -2.38. The van der Waals surface area contributed by atoms with Crippen LogP contribution < -0.4 is 9.80 Å². The number of hydrogen-bond acceptors (Lipinski definition) is 6. The monoisotopic (exact) mass is 421 g/mol. The average Bonchev–Trinajstić information content (AvgIpc) is 3.42. The number of hydrogen-bond donors (Lipinski definition) is 0. The molecule has 2 fully saturated rings. The molecule has 0 atom stereocenters. The summed E-state index contributed by atoms with van der Waals surface area (Å²) in [6.45, 7) is 3.31. The van der Waals surface area contributed by atoms with E-state index in [0.29, 0.717) is 11.9 Å². The lowest BCUT2D eigenvalue weighted by molar-refractivity contribution is -0.134. The van der Waals surface area contributed by atoms with Crippen molar-refractivity contribution in [3.05, 3.63) is 35.7 Å². The van der Waals surface area contributed by atoms with E-state index in [1.807, 2.05) is 53.1 Å². The molecule has 7 nitrogen and oxygen atoms in total. The molecule has 1 saturated heterocycles. The maximum absolute atomic E-state index is 12.9. The van der Waals surface area contributed by atoms with Gasteiger partial charge in [-0.05, 0) is 25.0 Å². The first-order valence-corrected chi connectivity index (χ1v) is 11.3. The van der Waals surface area contributed by atoms with Crippen LogP contribution in [0.1, 0.15) is 38.5 Å². The number of allylic oxidation sites excluding steroid dienone is 1. The number of carbonyl (C=O) groups is 2. The van der Waals surface area contributed by atoms with Crippen LogP contribution in [0, 0.1) is 11.3 Å². The number of rotatable bonds is 5. The van der Waals surface area contributed by atoms with Crippen LogP contribution in [0.25, 0.3) is 0 Å². The molecule has 1 saturated carbocycles. The van der Waals surface area contributed by atoms with E-state index >= 15 is 0 Å². The number of fused-ring (bicyclic) bond motifs is 1. The lowest BCUT2D eigenvalue weighted by atomic mass is 10.1. The molecule has 3 aliphatic rings. The van der Waals surface area contributed by atoms with E-state index in [1.165, 1.54) is 25.7 Å². The maximum atomic E-state index is 12.9. The van der Waals surface area contributed by atoms with Crippen LogP contribution in [0.5, 0.6) is 0 Å². The Morgan fingerprint density at radius 2 is 1.55 bits per heavy atom. The highest BCUT2D eigenvalue weighted by Gasteiger charge is 2.32. The molecule has 31 heavy (non-hydrogen) atoms. The Hall–Kier alpha value is -2.85. The van der Waals surface area contributed by atoms with E-state index in [4.69, 9.17) is 0 Å². The highest BCUT2D eigenvalue weighted by molar-refractivity contribution is 6.03. The normalized spacial score (nSPS) is 19.5. The fourth-order valence-electron chi connectivity index (χ4n) is 5.17. The third kappa shape index (κ3) is 4.17. The molecule has 0 aromatic heterocycles. The first-order chi connectivity index (χ1) is 15.0. The Labute approximate surface area is 184 Å². The van der Waals surface area contributed by atoms with E-state index in [2.05, 4.69) is 11.0 Å². The van der Waals surface area contributed by atoms with Crippen molar-refractivity contribution in [2.45, 2.75) is 44.6 Å². The predicted molar refractivity (Wildman–Crippen MR) is 121 cm³/mol. The molecular weight excluding hydrogens is 390 g/mol. The van der Waals surface area contributed by atoms with Crippen molar-refractivity contribution >= 4 is 23.1 Å². The van der Waals surface area contributed by atoms with E-state index in [-0.39, 0.29) is 30.1 Å². The summed E-state index contributed by atoms with van der Waals surface area (Å²) in [6, 6.07) is 10.6. The molecule has 0 spiro atoms. The zero-order valence-corrected chi connectivity index (χ0v) is 18.5. The largest absolute Gasteiger partial charge is 0.340 e. The number of ketones is 1. The van der Waals surface area contributed by atoms with E-state index in [9.17, 15) is 14.9 Å². The number of nitriles is 1. The number of piperazine rings is 1. The van der Waals surface area contributed by atoms with Gasteiger partial charge in [0.15, 0.2) is 5.78 Å². The SMILES string of the molecule is CN1C(=C(C#N)C(=O)CCC(=O)N2CCN(C3CCCC3)CC2)N(C)c2ccccc21. The summed E-state index contributed by atoms with van der Waals surface area (Å²) in [5, 5.41) is 9.74. The van der Waals surface area contributed by atoms with Gasteiger partial charge in [-0.1, -0.05) is 25.0 Å². The summed E-state index contributed by atoms with van der Waals surface area (Å²) in [7, 11) is 3.72. The fraction of sp³-hybridized carbons (Fsp3) is 0.542. The van der Waals surface area contributed by atoms with Crippen LogP contribution in [0.15, 0.2) is 35.7 Å². The van der Waals surface area contributed by atoms with Gasteiger partial charge in [-0.25, -0.2) is 0 Å². The van der Waals surface area contributed by atoms with Crippen LogP contribution in [0.4, 0.5) is 11.4 Å². The molecule has 2 aliphatic heterocycles. The van der Waals surface area contributed by atoms with Crippen molar-refractivity contribution in [3.8, 4) is 6.07 Å². The molecule has 7 heteroatoms. The summed E-state index contributed by atoms with van der Waals surface area (Å²) >= 11 is 0. The number of Topliss-reactive ketones (excluding diaryl/α,β-unsaturated/α-hetero) is 1. The Bertz CT molecular complexity index is 889. The first kappa shape index (κ1) is 21.4. The van der Waals surface area contributed by atoms with Gasteiger partial charge in [0.1, 0.15) is 17.5 Å². The second kappa shape index (κ2) is 9.11. The van der Waals surface area contributed by atoms with Crippen LogP contribution in [-0.4, -0.2) is 67.8 Å². The van der Waals surface area contributed by atoms with Crippen molar-refractivity contribution < 1.29 is 9.59 Å². The fourth-order valence-corrected chi connectivity index (χ4v) is 5.17. The minimum Gasteiger partial charge on any atom is -0.340 e. The van der Waals surface area contributed by atoms with Crippen molar-refractivity contribution in [1.29, 1.82) is 5.26 Å². The van der Waals surface area contributed by atoms with Gasteiger partial charge < -0.3 is 14.7 Å². The van der Waals surface area contributed by atoms with Gasteiger partial charge in [-0.3, -0.25) is 14.5 Å². The molecule has 1 aromatic carbocycles. The summed E-state index contributed by atoms with van der Waals surface area (Å²) in [6.07, 6.45) is 5.41. The summed E-state index contributed by atoms with van der Waals surface area (Å²) < 4.78 is 0. The number of nitrogens with zero attached hydrogens (tertiary/aromatic N) is 5. The summed E-state index contributed by atoms with van der Waals surface area (Å²) in [5.41, 5.74) is 2.02. The maximum Gasteiger partial charge on any atom is 0.223 e. The number of amides is 1. The number of para-hydroxylation sites is 2. The zero-order valence-electron chi connectivity index (χ0n) is 18.5. The van der Waals surface area contributed by atoms with Gasteiger partial charge in [0, 0.05) is 59.2 Å². The van der Waals surface area contributed by atoms with E-state index in [1.54, 1.807) is 0 Å². The van der Waals surface area contributed by atoms with Crippen molar-refractivity contribution in [2.24, 2.45) is 0 Å². The molecule has 164 valence electrons. The van der Waals surface area contributed by atoms with Crippen molar-refractivity contribution in [2.75, 3.05) is 50.1 Å². The molecule has 0 unspecified atom stereocenters. The topological polar surface area (TPSA) is 70.9 Å². The summed E-state index contributed by atoms with van der Waals surface area (Å²) in [4.78, 5) is 33.7. The zero-order chi connectivity index (χ0) is 22.0. The first-order valence-electron chi connectivity index (χ1n) is 11.3. The third-order valence-corrected chi connectivity index (χ3v) is 6.93. The van der Waals surface area contributed by atoms with Crippen LogP contribution in [0.3, 0.4) is 0 Å². The molecular formula is C24H31N5O2. The molecule has 1 aromatic rings. The highest BCUT2D eigenvalue weighted by Crippen LogP contribution is 2.40. The number of anilines is 2. The Kier molecular flexibility index (Phi) is 6.28. The number of benzene rings is 1. The number of carbonyl (C=O) groups excluding carboxylic acids is 2. The smallest absolute Gasteiger partial charge is 0.223 e. The van der Waals surface area contributed by atoms with Gasteiger partial charge in [0.05, 0.1) is 11.4 Å². The Morgan fingerprint density at radius 1 is 0.968 bits per heavy atom. The molecule has 1 amide bonds. The molecule has 0 radical (unpaired) electrons. The van der Waals surface area contributed by atoms with Gasteiger partial charge in [0.25, 0.3) is 0 Å². The van der Waals surface area contributed by atoms with Gasteiger partial charge in [0.2, 0.25) is 5.91 Å². The van der Waals surface area contributed by atoms with Crippen LogP contribution >= 0.6 is 0 Å². The van der Waals surface area contributed by atoms with Crippen LogP contribution in [-0.2, 0) is 9.59 Å². The van der Waals surface area contributed by atoms with Gasteiger partial charge in [-0.2, -0.15) is 5.26 Å². The Balaban J connectivity index is 1.35. The quantitative estimate of drug-likeness (QED) is 0.538. The van der Waals surface area contributed by atoms with Gasteiger partial charge in [-0.15, -0.1) is 0 Å². The minimum absolute atomic E-state index is 0.0122. The predicted octanol–water partition coefficient (Wildman–Crippen LogP) is 2.74. The highest BCUT2D eigenvalue weighted by atomic mass is 16.2. The molecule has 0 bridgehead atoms. The lowest BCUT2D eigenvalue weighted by Crippen LogP contribution is -2.51. The third-order valence-electron chi connectivity index (χ3n) is 6.93. The Morgan fingerprint density at radius 3 is 2.10 bits per heavy atom. The van der Waals surface area contributed by atoms with Gasteiger partial charge >= 0.3 is 0 Å². The van der Waals surface area contributed by atoms with E-state index in [0.717, 1.165) is 37.6 Å². The second-order valence-corrected chi connectivity index (χ2v) is 8.70. The molecule has 2 heterocycles. The molecule has 0 N–H and O–H groups in total. The van der Waals surface area contributed by atoms with Crippen LogP contribution in [0.2, 0.25) is 0 Å². The molecule has 4 rings (SSSR count).